The summed E-state index contributed by atoms with van der Waals surface area (Å²) in [5.41, 5.74) is 6.91. The summed E-state index contributed by atoms with van der Waals surface area (Å²) in [6.07, 6.45) is 3.13. The predicted molar refractivity (Wildman–Crippen MR) is 148 cm³/mol. The molecule has 0 amide bonds. The maximum Gasteiger partial charge on any atom is 0.342 e. The third kappa shape index (κ3) is 11.4. The molecule has 3 unspecified atom stereocenters. The molecule has 3 aromatic rings. The van der Waals surface area contributed by atoms with E-state index in [1.165, 1.54) is 6.33 Å². The van der Waals surface area contributed by atoms with E-state index in [4.69, 9.17) is 29.9 Å². The van der Waals surface area contributed by atoms with E-state index in [0.717, 1.165) is 0 Å². The second-order valence-electron chi connectivity index (χ2n) is 8.86. The smallest absolute Gasteiger partial charge is 0.342 e. The van der Waals surface area contributed by atoms with Crippen LogP contribution in [0.4, 0.5) is 5.82 Å². The number of imidazole rings is 1. The summed E-state index contributed by atoms with van der Waals surface area (Å²) >= 11 is 0. The van der Waals surface area contributed by atoms with Crippen LogP contribution < -0.4 is 15.3 Å². The highest BCUT2D eigenvalue weighted by atomic mass is 31.2. The zero-order valence-corrected chi connectivity index (χ0v) is 23.8. The van der Waals surface area contributed by atoms with Crippen molar-refractivity contribution in [2.75, 3.05) is 12.1 Å². The molecule has 222 valence electrons. The molecule has 0 aliphatic carbocycles. The Hall–Kier alpha value is -4.33. The van der Waals surface area contributed by atoms with Crippen LogP contribution in [0.2, 0.25) is 0 Å². The number of nitrogens with zero attached hydrogens (tertiary/aromatic N) is 4. The molecule has 0 saturated carbocycles. The number of fused-ring (bicyclic) bond motifs is 1. The van der Waals surface area contributed by atoms with Crippen LogP contribution in [0.5, 0.6) is 5.75 Å². The van der Waals surface area contributed by atoms with Gasteiger partial charge in [0, 0.05) is 12.2 Å². The maximum absolute atomic E-state index is 13.6. The van der Waals surface area contributed by atoms with E-state index in [0.29, 0.717) is 41.4 Å². The van der Waals surface area contributed by atoms with Crippen molar-refractivity contribution in [3.63, 3.8) is 0 Å². The first-order chi connectivity index (χ1) is 19.3. The number of rotatable bonds is 13. The number of nitrogens with two attached hydrogens (primary N) is 1. The normalized spacial score (nSPS) is 14.1. The Balaban J connectivity index is 0.000000642. The number of carbonyl (C=O) groups excluding carboxylic acids is 1. The number of carbonyl (C=O) groups is 3. The summed E-state index contributed by atoms with van der Waals surface area (Å²) in [6.45, 7) is 7.25. The summed E-state index contributed by atoms with van der Waals surface area (Å²) in [5.74, 6) is -2.36. The van der Waals surface area contributed by atoms with Gasteiger partial charge in [-0.15, -0.1) is 0 Å². The molecule has 1 aromatic carbocycles. The number of ether oxygens (including phenoxy) is 2. The molecular weight excluding hydrogens is 559 g/mol. The summed E-state index contributed by atoms with van der Waals surface area (Å²) in [6, 6.07) is 7.83. The zero-order chi connectivity index (χ0) is 30.6. The van der Waals surface area contributed by atoms with Crippen LogP contribution in [-0.2, 0) is 35.0 Å². The second-order valence-corrected chi connectivity index (χ2v) is 10.9. The van der Waals surface area contributed by atoms with Crippen LogP contribution in [0.1, 0.15) is 27.7 Å². The molecule has 3 rings (SSSR count). The number of nitrogen functional groups attached to an aromatic ring is 1. The SMILES string of the molecule is CC(C)OC(=O)C(C)NP(=O)(COC(C)Cn1cnc2c(N)ncnc21)Oc1ccccc1.O=C(O)/C=C/C(=O)O. The predicted octanol–water partition coefficient (Wildman–Crippen LogP) is 2.68. The van der Waals surface area contributed by atoms with Crippen molar-refractivity contribution in [1.29, 1.82) is 0 Å². The fraction of sp³-hybridized carbons (Fsp3) is 0.360. The van der Waals surface area contributed by atoms with Gasteiger partial charge in [-0.1, -0.05) is 18.2 Å². The van der Waals surface area contributed by atoms with E-state index >= 15 is 0 Å². The third-order valence-corrected chi connectivity index (χ3v) is 6.65. The van der Waals surface area contributed by atoms with Gasteiger partial charge in [-0.05, 0) is 39.8 Å². The van der Waals surface area contributed by atoms with Gasteiger partial charge in [0.05, 0.1) is 25.1 Å². The molecule has 0 fully saturated rings. The number of nitrogens with one attached hydrogen (secondary N) is 1. The number of carboxylic acids is 2. The molecule has 41 heavy (non-hydrogen) atoms. The van der Waals surface area contributed by atoms with Gasteiger partial charge < -0.3 is 34.5 Å². The molecule has 15 nitrogen and oxygen atoms in total. The van der Waals surface area contributed by atoms with Gasteiger partial charge in [-0.25, -0.2) is 29.6 Å². The Kier molecular flexibility index (Phi) is 12.4. The highest BCUT2D eigenvalue weighted by molar-refractivity contribution is 7.57. The number of esters is 1. The maximum atomic E-state index is 13.6. The molecule has 0 bridgehead atoms. The number of anilines is 1. The number of para-hydroxylation sites is 1. The van der Waals surface area contributed by atoms with Crippen molar-refractivity contribution >= 4 is 42.4 Å². The Bertz CT molecular complexity index is 1380. The van der Waals surface area contributed by atoms with Crippen LogP contribution in [0.15, 0.2) is 55.1 Å². The Labute approximate surface area is 235 Å². The van der Waals surface area contributed by atoms with Gasteiger partial charge in [0.15, 0.2) is 11.5 Å². The van der Waals surface area contributed by atoms with E-state index in [2.05, 4.69) is 20.0 Å². The Morgan fingerprint density at radius 2 is 1.68 bits per heavy atom. The van der Waals surface area contributed by atoms with Gasteiger partial charge in [-0.3, -0.25) is 9.36 Å². The fourth-order valence-electron chi connectivity index (χ4n) is 3.15. The number of benzene rings is 1. The molecule has 2 aromatic heterocycles. The molecule has 0 saturated heterocycles. The Morgan fingerprint density at radius 3 is 2.27 bits per heavy atom. The van der Waals surface area contributed by atoms with Crippen molar-refractivity contribution in [1.82, 2.24) is 24.6 Å². The van der Waals surface area contributed by atoms with Crippen molar-refractivity contribution in [3.8, 4) is 5.75 Å². The van der Waals surface area contributed by atoms with Crippen LogP contribution in [-0.4, -0.2) is 72.2 Å². The van der Waals surface area contributed by atoms with Gasteiger partial charge >= 0.3 is 25.4 Å². The molecule has 3 atom stereocenters. The standard InChI is InChI=1S/C21H29N6O5P.C4H4O4/c1-14(2)31-21(28)16(4)26-33(29,32-17-8-6-5-7-9-17)13-30-15(3)10-27-12-25-18-19(22)23-11-24-20(18)27;5-3(6)1-2-4(7)8/h5-9,11-12,14-16H,10,13H2,1-4H3,(H,26,29)(H2,22,23,24);1-2H,(H,5,6)(H,7,8)/b;2-1+. The number of aliphatic carboxylic acids is 2. The average Bonchev–Trinajstić information content (AvgIpc) is 3.30. The minimum atomic E-state index is -3.64. The van der Waals surface area contributed by atoms with Gasteiger partial charge in [0.2, 0.25) is 0 Å². The van der Waals surface area contributed by atoms with Crippen molar-refractivity contribution in [3.05, 3.63) is 55.1 Å². The van der Waals surface area contributed by atoms with Crippen LogP contribution >= 0.6 is 7.52 Å². The van der Waals surface area contributed by atoms with Crippen molar-refractivity contribution in [2.45, 2.75) is 52.5 Å². The lowest BCUT2D eigenvalue weighted by molar-refractivity contribution is -0.149. The van der Waals surface area contributed by atoms with Crippen LogP contribution in [0.3, 0.4) is 0 Å². The molecule has 5 N–H and O–H groups in total. The average molecular weight is 593 g/mol. The van der Waals surface area contributed by atoms with E-state index in [9.17, 15) is 18.9 Å². The van der Waals surface area contributed by atoms with Gasteiger partial charge in [-0.2, -0.15) is 0 Å². The fourth-order valence-corrected chi connectivity index (χ4v) is 4.94. The van der Waals surface area contributed by atoms with Crippen molar-refractivity contribution < 1.29 is 43.2 Å². The third-order valence-electron chi connectivity index (χ3n) is 4.87. The molecule has 0 spiro atoms. The number of aromatic nitrogens is 4. The lowest BCUT2D eigenvalue weighted by Gasteiger charge is -2.25. The Morgan fingerprint density at radius 1 is 1.05 bits per heavy atom. The molecule has 0 aliphatic rings. The monoisotopic (exact) mass is 592 g/mol. The highest BCUT2D eigenvalue weighted by Gasteiger charge is 2.32. The summed E-state index contributed by atoms with van der Waals surface area (Å²) in [4.78, 5) is 43.7. The first-order valence-electron chi connectivity index (χ1n) is 12.3. The van der Waals surface area contributed by atoms with Gasteiger partial charge in [0.1, 0.15) is 30.0 Å². The van der Waals surface area contributed by atoms with E-state index < -0.39 is 31.5 Å². The number of hydrogen-bond acceptors (Lipinski definition) is 11. The minimum Gasteiger partial charge on any atom is -0.478 e. The number of carboxylic acid groups (broad SMARTS) is 2. The largest absolute Gasteiger partial charge is 0.478 e. The quantitative estimate of drug-likeness (QED) is 0.127. The van der Waals surface area contributed by atoms with Crippen LogP contribution in [0, 0.1) is 0 Å². The molecule has 0 aliphatic heterocycles. The lowest BCUT2D eigenvalue weighted by Crippen LogP contribution is -2.37. The minimum absolute atomic E-state index is 0.272. The van der Waals surface area contributed by atoms with E-state index in [1.807, 2.05) is 13.0 Å². The van der Waals surface area contributed by atoms with Crippen LogP contribution in [0.25, 0.3) is 11.2 Å². The highest BCUT2D eigenvalue weighted by Crippen LogP contribution is 2.44. The summed E-state index contributed by atoms with van der Waals surface area (Å²) in [7, 11) is -3.64. The zero-order valence-electron chi connectivity index (χ0n) is 22.9. The summed E-state index contributed by atoms with van der Waals surface area (Å²) in [5, 5.41) is 18.4. The van der Waals surface area contributed by atoms with E-state index in [1.54, 1.807) is 55.9 Å². The first-order valence-corrected chi connectivity index (χ1v) is 14.1. The topological polar surface area (TPSA) is 218 Å². The lowest BCUT2D eigenvalue weighted by atomic mass is 10.3. The second kappa shape index (κ2) is 15.5. The van der Waals surface area contributed by atoms with E-state index in [-0.39, 0.29) is 18.6 Å². The molecule has 0 radical (unpaired) electrons. The van der Waals surface area contributed by atoms with Gasteiger partial charge in [0.25, 0.3) is 0 Å². The first kappa shape index (κ1) is 32.9. The summed E-state index contributed by atoms with van der Waals surface area (Å²) < 4.78 is 32.2. The number of hydrogen-bond donors (Lipinski definition) is 4. The molecule has 2 heterocycles. The molecular formula is C25H33N6O9P. The molecule has 16 heteroatoms. The van der Waals surface area contributed by atoms with Crippen molar-refractivity contribution in [2.24, 2.45) is 0 Å².